The summed E-state index contributed by atoms with van der Waals surface area (Å²) in [7, 11) is 0. The van der Waals surface area contributed by atoms with Gasteiger partial charge in [-0.05, 0) is 19.1 Å². The van der Waals surface area contributed by atoms with E-state index in [1.165, 1.54) is 0 Å². The van der Waals surface area contributed by atoms with Gasteiger partial charge in [-0.1, -0.05) is 30.3 Å². The number of hydrogen-bond donors (Lipinski definition) is 1. The van der Waals surface area contributed by atoms with Crippen molar-refractivity contribution >= 4 is 16.6 Å². The molecule has 94 valence electrons. The molecule has 2 aromatic heterocycles. The smallest absolute Gasteiger partial charge is 0.0881 e. The highest BCUT2D eigenvalue weighted by Crippen LogP contribution is 2.17. The zero-order valence-electron chi connectivity index (χ0n) is 10.8. The molecule has 0 radical (unpaired) electrons. The molecule has 0 aliphatic carbocycles. The van der Waals surface area contributed by atoms with Crippen LogP contribution in [0.3, 0.4) is 0 Å². The first kappa shape index (κ1) is 11.7. The molecule has 0 saturated heterocycles. The molecule has 3 heteroatoms. The summed E-state index contributed by atoms with van der Waals surface area (Å²) < 4.78 is 0. The Morgan fingerprint density at radius 1 is 1.21 bits per heavy atom. The maximum Gasteiger partial charge on any atom is 0.0881 e. The topological polar surface area (TPSA) is 41.0 Å². The molecule has 3 rings (SSSR count). The lowest BCUT2D eigenvalue weighted by Gasteiger charge is -2.04. The standard InChI is InChI=1S/C16H15N3/c1-2-18-16(12-6-4-3-5-7-12)14-10-13-8-9-17-11-15(13)19-14/h3-11,19H,2H2,1H3/b18-16-. The Morgan fingerprint density at radius 3 is 2.79 bits per heavy atom. The summed E-state index contributed by atoms with van der Waals surface area (Å²) in [6, 6.07) is 14.4. The molecule has 0 amide bonds. The molecule has 2 heterocycles. The molecule has 0 bridgehead atoms. The fourth-order valence-electron chi connectivity index (χ4n) is 2.19. The number of aromatic nitrogens is 2. The number of nitrogens with zero attached hydrogens (tertiary/aromatic N) is 2. The van der Waals surface area contributed by atoms with Crippen LogP contribution in [-0.2, 0) is 0 Å². The van der Waals surface area contributed by atoms with Crippen LogP contribution in [0.5, 0.6) is 0 Å². The van der Waals surface area contributed by atoms with Crippen molar-refractivity contribution in [2.75, 3.05) is 6.54 Å². The molecule has 1 aromatic carbocycles. The lowest BCUT2D eigenvalue weighted by molar-refractivity contribution is 1.12. The summed E-state index contributed by atoms with van der Waals surface area (Å²) in [6.07, 6.45) is 3.65. The first-order valence-electron chi connectivity index (χ1n) is 6.41. The van der Waals surface area contributed by atoms with E-state index in [1.54, 1.807) is 6.20 Å². The minimum atomic E-state index is 0.762. The summed E-state index contributed by atoms with van der Waals surface area (Å²) in [5.41, 5.74) is 4.21. The van der Waals surface area contributed by atoms with Gasteiger partial charge in [0, 0.05) is 23.7 Å². The van der Waals surface area contributed by atoms with Gasteiger partial charge in [-0.15, -0.1) is 0 Å². The lowest BCUT2D eigenvalue weighted by atomic mass is 10.1. The van der Waals surface area contributed by atoms with Crippen molar-refractivity contribution < 1.29 is 0 Å². The van der Waals surface area contributed by atoms with Gasteiger partial charge in [0.2, 0.25) is 0 Å². The Hall–Kier alpha value is -2.42. The first-order chi connectivity index (χ1) is 9.38. The Morgan fingerprint density at radius 2 is 2.05 bits per heavy atom. The van der Waals surface area contributed by atoms with Crippen LogP contribution < -0.4 is 0 Å². The summed E-state index contributed by atoms with van der Waals surface area (Å²) in [5, 5.41) is 1.16. The second-order valence-electron chi connectivity index (χ2n) is 4.33. The van der Waals surface area contributed by atoms with Gasteiger partial charge in [0.1, 0.15) is 0 Å². The Balaban J connectivity index is 2.13. The number of benzene rings is 1. The number of fused-ring (bicyclic) bond motifs is 1. The number of pyridine rings is 1. The van der Waals surface area contributed by atoms with E-state index in [-0.39, 0.29) is 0 Å². The summed E-state index contributed by atoms with van der Waals surface area (Å²) in [5.74, 6) is 0. The average molecular weight is 249 g/mol. The molecular formula is C16H15N3. The van der Waals surface area contributed by atoms with Crippen molar-refractivity contribution in [3.63, 3.8) is 0 Å². The van der Waals surface area contributed by atoms with Gasteiger partial charge >= 0.3 is 0 Å². The van der Waals surface area contributed by atoms with E-state index in [0.29, 0.717) is 0 Å². The first-order valence-corrected chi connectivity index (χ1v) is 6.41. The maximum absolute atomic E-state index is 4.62. The second-order valence-corrected chi connectivity index (χ2v) is 4.33. The molecule has 0 unspecified atom stereocenters. The molecule has 0 aliphatic heterocycles. The highest BCUT2D eigenvalue weighted by Gasteiger charge is 2.09. The quantitative estimate of drug-likeness (QED) is 0.710. The molecule has 1 N–H and O–H groups in total. The van der Waals surface area contributed by atoms with Gasteiger partial charge in [0.05, 0.1) is 23.1 Å². The predicted octanol–water partition coefficient (Wildman–Crippen LogP) is 3.42. The zero-order valence-corrected chi connectivity index (χ0v) is 10.8. The molecule has 3 aromatic rings. The highest BCUT2D eigenvalue weighted by atomic mass is 14.8. The third kappa shape index (κ3) is 2.27. The van der Waals surface area contributed by atoms with Gasteiger partial charge in [0.25, 0.3) is 0 Å². The van der Waals surface area contributed by atoms with E-state index >= 15 is 0 Å². The fraction of sp³-hybridized carbons (Fsp3) is 0.125. The third-order valence-corrected chi connectivity index (χ3v) is 3.04. The number of H-pyrrole nitrogens is 1. The van der Waals surface area contributed by atoms with Gasteiger partial charge in [0.15, 0.2) is 0 Å². The molecule has 3 nitrogen and oxygen atoms in total. The van der Waals surface area contributed by atoms with Gasteiger partial charge < -0.3 is 4.98 Å². The number of aliphatic imine (C=N–C) groups is 1. The molecule has 0 fully saturated rings. The van der Waals surface area contributed by atoms with Gasteiger partial charge in [-0.2, -0.15) is 0 Å². The SMILES string of the molecule is CC/N=C(/c1ccccc1)c1cc2ccncc2[nH]1. The van der Waals surface area contributed by atoms with E-state index in [4.69, 9.17) is 0 Å². The van der Waals surface area contributed by atoms with Crippen molar-refractivity contribution in [3.05, 3.63) is 66.1 Å². The van der Waals surface area contributed by atoms with Crippen molar-refractivity contribution in [2.24, 2.45) is 4.99 Å². The lowest BCUT2D eigenvalue weighted by Crippen LogP contribution is -2.04. The average Bonchev–Trinajstić information content (AvgIpc) is 2.89. The van der Waals surface area contributed by atoms with Crippen LogP contribution in [0.1, 0.15) is 18.2 Å². The van der Waals surface area contributed by atoms with Crippen LogP contribution in [0.15, 0.2) is 59.9 Å². The van der Waals surface area contributed by atoms with E-state index in [9.17, 15) is 0 Å². The molecule has 19 heavy (non-hydrogen) atoms. The van der Waals surface area contributed by atoms with Crippen LogP contribution in [0, 0.1) is 0 Å². The van der Waals surface area contributed by atoms with Crippen LogP contribution >= 0.6 is 0 Å². The highest BCUT2D eigenvalue weighted by molar-refractivity contribution is 6.13. The van der Waals surface area contributed by atoms with Crippen molar-refractivity contribution in [3.8, 4) is 0 Å². The van der Waals surface area contributed by atoms with Crippen LogP contribution in [0.2, 0.25) is 0 Å². The summed E-state index contributed by atoms with van der Waals surface area (Å²) >= 11 is 0. The maximum atomic E-state index is 4.62. The Bertz CT molecular complexity index is 678. The second kappa shape index (κ2) is 5.06. The van der Waals surface area contributed by atoms with Crippen molar-refractivity contribution in [1.29, 1.82) is 0 Å². The third-order valence-electron chi connectivity index (χ3n) is 3.04. The number of rotatable bonds is 3. The molecule has 0 saturated carbocycles. The summed E-state index contributed by atoms with van der Waals surface area (Å²) in [6.45, 7) is 2.81. The Kier molecular flexibility index (Phi) is 3.11. The van der Waals surface area contributed by atoms with Crippen molar-refractivity contribution in [2.45, 2.75) is 6.92 Å². The predicted molar refractivity (Wildman–Crippen MR) is 78.7 cm³/mol. The van der Waals surface area contributed by atoms with Gasteiger partial charge in [-0.3, -0.25) is 9.98 Å². The fourth-order valence-corrected chi connectivity index (χ4v) is 2.19. The molecule has 0 atom stereocenters. The molecular weight excluding hydrogens is 234 g/mol. The largest absolute Gasteiger partial charge is 0.352 e. The van der Waals surface area contributed by atoms with Crippen LogP contribution in [-0.4, -0.2) is 22.2 Å². The normalized spacial score (nSPS) is 11.9. The van der Waals surface area contributed by atoms with Crippen molar-refractivity contribution in [1.82, 2.24) is 9.97 Å². The minimum absolute atomic E-state index is 0.762. The molecule has 0 aliphatic rings. The van der Waals surface area contributed by atoms with Gasteiger partial charge in [-0.25, -0.2) is 0 Å². The van der Waals surface area contributed by atoms with Crippen LogP contribution in [0.4, 0.5) is 0 Å². The van der Waals surface area contributed by atoms with Crippen LogP contribution in [0.25, 0.3) is 10.9 Å². The molecule has 0 spiro atoms. The van der Waals surface area contributed by atoms with E-state index in [0.717, 1.165) is 34.4 Å². The van der Waals surface area contributed by atoms with E-state index < -0.39 is 0 Å². The summed E-state index contributed by atoms with van der Waals surface area (Å²) in [4.78, 5) is 12.1. The van der Waals surface area contributed by atoms with E-state index in [2.05, 4.69) is 33.2 Å². The number of hydrogen-bond acceptors (Lipinski definition) is 2. The Labute approximate surface area is 112 Å². The number of aromatic amines is 1. The van der Waals surface area contributed by atoms with E-state index in [1.807, 2.05) is 37.4 Å². The monoisotopic (exact) mass is 249 g/mol. The minimum Gasteiger partial charge on any atom is -0.352 e. The number of nitrogens with one attached hydrogen (secondary N) is 1. The zero-order chi connectivity index (χ0) is 13.1.